The number of halogens is 2. The Morgan fingerprint density at radius 2 is 2.11 bits per heavy atom. The third kappa shape index (κ3) is 5.67. The standard InChI is InChI=1S/C17H19Cl2N5O3/c1-10-6-22-16(8-21-10)24-17(25)23-14-4-12(18)13(19)5-15(14)27-9-11-7-20-2-3-26-11/h4-6,8,11,20H,2-3,7,9H2,1H3,(H2,22,23,24,25). The van der Waals surface area contributed by atoms with Gasteiger partial charge in [-0.05, 0) is 13.0 Å². The van der Waals surface area contributed by atoms with Gasteiger partial charge < -0.3 is 20.1 Å². The molecule has 27 heavy (non-hydrogen) atoms. The van der Waals surface area contributed by atoms with Gasteiger partial charge in [0.25, 0.3) is 0 Å². The highest BCUT2D eigenvalue weighted by Gasteiger charge is 2.17. The first-order valence-corrected chi connectivity index (χ1v) is 9.07. The first kappa shape index (κ1) is 19.6. The van der Waals surface area contributed by atoms with Crippen molar-refractivity contribution in [2.24, 2.45) is 0 Å². The number of amides is 2. The lowest BCUT2D eigenvalue weighted by Gasteiger charge is -2.24. The number of aromatic nitrogens is 2. The van der Waals surface area contributed by atoms with E-state index in [1.165, 1.54) is 12.3 Å². The molecule has 2 aromatic rings. The van der Waals surface area contributed by atoms with Crippen LogP contribution in [0.2, 0.25) is 10.0 Å². The van der Waals surface area contributed by atoms with E-state index < -0.39 is 6.03 Å². The number of carbonyl (C=O) groups excluding carboxylic acids is 1. The lowest BCUT2D eigenvalue weighted by Crippen LogP contribution is -2.41. The topological polar surface area (TPSA) is 97.4 Å². The fraction of sp³-hybridized carbons (Fsp3) is 0.353. The van der Waals surface area contributed by atoms with Gasteiger partial charge in [0.05, 0.1) is 40.4 Å². The zero-order chi connectivity index (χ0) is 19.2. The molecule has 1 fully saturated rings. The Balaban J connectivity index is 1.67. The Labute approximate surface area is 166 Å². The van der Waals surface area contributed by atoms with Crippen molar-refractivity contribution >= 4 is 40.7 Å². The summed E-state index contributed by atoms with van der Waals surface area (Å²) in [5.74, 6) is 0.714. The van der Waals surface area contributed by atoms with Gasteiger partial charge in [-0.1, -0.05) is 23.2 Å². The van der Waals surface area contributed by atoms with Crippen LogP contribution in [0.4, 0.5) is 16.3 Å². The molecule has 1 atom stereocenters. The molecule has 10 heteroatoms. The van der Waals surface area contributed by atoms with Crippen molar-refractivity contribution < 1.29 is 14.3 Å². The fourth-order valence-corrected chi connectivity index (χ4v) is 2.70. The summed E-state index contributed by atoms with van der Waals surface area (Å²) >= 11 is 12.2. The van der Waals surface area contributed by atoms with E-state index in [9.17, 15) is 4.79 Å². The summed E-state index contributed by atoms with van der Waals surface area (Å²) in [7, 11) is 0. The molecule has 0 radical (unpaired) electrons. The maximum Gasteiger partial charge on any atom is 0.325 e. The molecule has 144 valence electrons. The Morgan fingerprint density at radius 3 is 2.81 bits per heavy atom. The second-order valence-electron chi connectivity index (χ2n) is 5.89. The highest BCUT2D eigenvalue weighted by atomic mass is 35.5. The molecule has 3 rings (SSSR count). The maximum absolute atomic E-state index is 12.3. The number of benzene rings is 1. The predicted molar refractivity (Wildman–Crippen MR) is 104 cm³/mol. The third-order valence-corrected chi connectivity index (χ3v) is 4.44. The van der Waals surface area contributed by atoms with E-state index in [0.717, 1.165) is 12.2 Å². The highest BCUT2D eigenvalue weighted by Crippen LogP contribution is 2.34. The molecule has 2 heterocycles. The summed E-state index contributed by atoms with van der Waals surface area (Å²) in [4.78, 5) is 20.4. The first-order chi connectivity index (χ1) is 13.0. The van der Waals surface area contributed by atoms with E-state index in [4.69, 9.17) is 32.7 Å². The van der Waals surface area contributed by atoms with Gasteiger partial charge in [0.15, 0.2) is 5.82 Å². The normalized spacial score (nSPS) is 16.6. The average molecular weight is 412 g/mol. The molecule has 8 nitrogen and oxygen atoms in total. The zero-order valence-electron chi connectivity index (χ0n) is 14.6. The highest BCUT2D eigenvalue weighted by molar-refractivity contribution is 6.42. The van der Waals surface area contributed by atoms with Crippen LogP contribution in [0.5, 0.6) is 5.75 Å². The van der Waals surface area contributed by atoms with Gasteiger partial charge in [-0.2, -0.15) is 0 Å². The molecule has 1 unspecified atom stereocenters. The number of anilines is 2. The quantitative estimate of drug-likeness (QED) is 0.699. The van der Waals surface area contributed by atoms with E-state index in [1.54, 1.807) is 12.3 Å². The van der Waals surface area contributed by atoms with Crippen LogP contribution in [0.1, 0.15) is 5.69 Å². The van der Waals surface area contributed by atoms with Crippen LogP contribution >= 0.6 is 23.2 Å². The number of nitrogens with zero attached hydrogens (tertiary/aromatic N) is 2. The van der Waals surface area contributed by atoms with Crippen LogP contribution in [-0.4, -0.2) is 48.4 Å². The number of hydrogen-bond acceptors (Lipinski definition) is 6. The number of carbonyl (C=O) groups is 1. The number of hydrogen-bond donors (Lipinski definition) is 3. The van der Waals surface area contributed by atoms with Gasteiger partial charge in [0.2, 0.25) is 0 Å². The fourth-order valence-electron chi connectivity index (χ4n) is 2.38. The summed E-state index contributed by atoms with van der Waals surface area (Å²) in [5.41, 5.74) is 1.13. The summed E-state index contributed by atoms with van der Waals surface area (Å²) in [6, 6.07) is 2.58. The van der Waals surface area contributed by atoms with Crippen LogP contribution in [0, 0.1) is 6.92 Å². The third-order valence-electron chi connectivity index (χ3n) is 3.72. The number of nitrogens with one attached hydrogen (secondary N) is 3. The molecule has 1 aliphatic heterocycles. The number of aryl methyl sites for hydroxylation is 1. The molecule has 0 spiro atoms. The Bertz CT molecular complexity index is 798. The van der Waals surface area contributed by atoms with Crippen molar-refractivity contribution in [1.29, 1.82) is 0 Å². The molecule has 2 amide bonds. The minimum absolute atomic E-state index is 0.0855. The largest absolute Gasteiger partial charge is 0.489 e. The summed E-state index contributed by atoms with van der Waals surface area (Å²) in [6.45, 7) is 4.25. The number of morpholine rings is 1. The molecular weight excluding hydrogens is 393 g/mol. The molecule has 1 aliphatic rings. The smallest absolute Gasteiger partial charge is 0.325 e. The van der Waals surface area contributed by atoms with Crippen molar-refractivity contribution in [3.05, 3.63) is 40.3 Å². The van der Waals surface area contributed by atoms with Crippen LogP contribution in [0.3, 0.4) is 0 Å². The van der Waals surface area contributed by atoms with Gasteiger partial charge in [0, 0.05) is 19.2 Å². The van der Waals surface area contributed by atoms with Crippen molar-refractivity contribution in [3.63, 3.8) is 0 Å². The van der Waals surface area contributed by atoms with Crippen molar-refractivity contribution in [1.82, 2.24) is 15.3 Å². The summed E-state index contributed by atoms with van der Waals surface area (Å²) in [5, 5.41) is 9.13. The maximum atomic E-state index is 12.3. The Kier molecular flexibility index (Phi) is 6.68. The molecule has 0 aliphatic carbocycles. The minimum atomic E-state index is -0.507. The van der Waals surface area contributed by atoms with E-state index in [-0.39, 0.29) is 6.10 Å². The zero-order valence-corrected chi connectivity index (χ0v) is 16.1. The van der Waals surface area contributed by atoms with E-state index in [0.29, 0.717) is 47.1 Å². The van der Waals surface area contributed by atoms with Crippen LogP contribution in [0.25, 0.3) is 0 Å². The number of rotatable bonds is 5. The molecular formula is C17H19Cl2N5O3. The second-order valence-corrected chi connectivity index (χ2v) is 6.71. The number of ether oxygens (including phenoxy) is 2. The van der Waals surface area contributed by atoms with Crippen molar-refractivity contribution in [2.45, 2.75) is 13.0 Å². The van der Waals surface area contributed by atoms with E-state index >= 15 is 0 Å². The van der Waals surface area contributed by atoms with Crippen LogP contribution in [-0.2, 0) is 4.74 Å². The summed E-state index contributed by atoms with van der Waals surface area (Å²) < 4.78 is 11.4. The number of urea groups is 1. The Morgan fingerprint density at radius 1 is 1.30 bits per heavy atom. The van der Waals surface area contributed by atoms with Gasteiger partial charge >= 0.3 is 6.03 Å². The molecule has 3 N–H and O–H groups in total. The minimum Gasteiger partial charge on any atom is -0.489 e. The van der Waals surface area contributed by atoms with E-state index in [2.05, 4.69) is 25.9 Å². The van der Waals surface area contributed by atoms with E-state index in [1.807, 2.05) is 6.92 Å². The Hall–Kier alpha value is -2.13. The second kappa shape index (κ2) is 9.18. The predicted octanol–water partition coefficient (Wildman–Crippen LogP) is 3.10. The molecule has 1 aromatic heterocycles. The van der Waals surface area contributed by atoms with Gasteiger partial charge in [-0.25, -0.2) is 9.78 Å². The molecule has 1 saturated heterocycles. The lowest BCUT2D eigenvalue weighted by molar-refractivity contribution is 0.000353. The lowest BCUT2D eigenvalue weighted by atomic mass is 10.2. The average Bonchev–Trinajstić information content (AvgIpc) is 2.66. The molecule has 0 bridgehead atoms. The van der Waals surface area contributed by atoms with Crippen LogP contribution < -0.4 is 20.7 Å². The molecule has 0 saturated carbocycles. The SMILES string of the molecule is Cc1cnc(NC(=O)Nc2cc(Cl)c(Cl)cc2OCC2CNCCO2)cn1. The monoisotopic (exact) mass is 411 g/mol. The van der Waals surface area contributed by atoms with Crippen molar-refractivity contribution in [3.8, 4) is 5.75 Å². The van der Waals surface area contributed by atoms with Crippen molar-refractivity contribution in [2.75, 3.05) is 36.9 Å². The van der Waals surface area contributed by atoms with Gasteiger partial charge in [0.1, 0.15) is 18.5 Å². The van der Waals surface area contributed by atoms with Crippen LogP contribution in [0.15, 0.2) is 24.5 Å². The van der Waals surface area contributed by atoms with Gasteiger partial charge in [-0.15, -0.1) is 0 Å². The first-order valence-electron chi connectivity index (χ1n) is 8.32. The summed E-state index contributed by atoms with van der Waals surface area (Å²) in [6.07, 6.45) is 2.94. The van der Waals surface area contributed by atoms with Gasteiger partial charge in [-0.3, -0.25) is 10.3 Å². The molecule has 1 aromatic carbocycles.